The van der Waals surface area contributed by atoms with Crippen molar-refractivity contribution in [1.29, 1.82) is 0 Å². The molecule has 2 rings (SSSR count). The monoisotopic (exact) mass is 332 g/mol. The van der Waals surface area contributed by atoms with Gasteiger partial charge in [-0.2, -0.15) is 0 Å². The summed E-state index contributed by atoms with van der Waals surface area (Å²) in [5.74, 6) is -0.968. The van der Waals surface area contributed by atoms with Gasteiger partial charge in [0.2, 0.25) is 11.8 Å². The van der Waals surface area contributed by atoms with Crippen LogP contribution in [0.15, 0.2) is 41.8 Å². The molecule has 2 amide bonds. The van der Waals surface area contributed by atoms with E-state index in [-0.39, 0.29) is 24.2 Å². The second-order valence-corrected chi connectivity index (χ2v) is 6.00. The van der Waals surface area contributed by atoms with Crippen molar-refractivity contribution in [2.24, 2.45) is 0 Å². The molecular formula is C17H17FN2O2S. The minimum absolute atomic E-state index is 0.0794. The summed E-state index contributed by atoms with van der Waals surface area (Å²) in [5.41, 5.74) is 1.60. The summed E-state index contributed by atoms with van der Waals surface area (Å²) in [7, 11) is 1.55. The molecule has 0 fully saturated rings. The molecule has 1 N–H and O–H groups in total. The summed E-state index contributed by atoms with van der Waals surface area (Å²) in [5, 5.41) is 4.57. The first-order valence-electron chi connectivity index (χ1n) is 6.98. The smallest absolute Gasteiger partial charge is 0.246 e. The van der Waals surface area contributed by atoms with E-state index >= 15 is 0 Å². The maximum atomic E-state index is 12.8. The number of thiophene rings is 1. The Bertz CT molecular complexity index is 722. The summed E-state index contributed by atoms with van der Waals surface area (Å²) in [6.07, 6.45) is 3.20. The van der Waals surface area contributed by atoms with Gasteiger partial charge in [0.15, 0.2) is 0 Å². The Morgan fingerprint density at radius 1 is 1.26 bits per heavy atom. The van der Waals surface area contributed by atoms with E-state index < -0.39 is 0 Å². The molecular weight excluding hydrogens is 315 g/mol. The highest BCUT2D eigenvalue weighted by Crippen LogP contribution is 2.17. The fourth-order valence-corrected chi connectivity index (χ4v) is 2.68. The third-order valence-electron chi connectivity index (χ3n) is 3.16. The van der Waals surface area contributed by atoms with Crippen LogP contribution in [0.4, 0.5) is 10.1 Å². The van der Waals surface area contributed by atoms with Crippen molar-refractivity contribution in [3.63, 3.8) is 0 Å². The molecule has 0 unspecified atom stereocenters. The number of rotatable bonds is 5. The molecule has 4 nitrogen and oxygen atoms in total. The van der Waals surface area contributed by atoms with Gasteiger partial charge in [-0.15, -0.1) is 11.3 Å². The number of benzene rings is 1. The molecule has 120 valence electrons. The molecule has 0 aliphatic heterocycles. The number of hydrogen-bond donors (Lipinski definition) is 1. The maximum absolute atomic E-state index is 12.8. The number of anilines is 1. The molecule has 0 saturated heterocycles. The highest BCUT2D eigenvalue weighted by atomic mass is 32.1. The van der Waals surface area contributed by atoms with Crippen LogP contribution >= 0.6 is 11.3 Å². The first-order valence-corrected chi connectivity index (χ1v) is 7.86. The van der Waals surface area contributed by atoms with Gasteiger partial charge in [0, 0.05) is 23.7 Å². The van der Waals surface area contributed by atoms with Crippen molar-refractivity contribution in [2.75, 3.05) is 18.9 Å². The normalized spacial score (nSPS) is 10.7. The second-order valence-electron chi connectivity index (χ2n) is 5.05. The molecule has 0 bridgehead atoms. The van der Waals surface area contributed by atoms with Gasteiger partial charge >= 0.3 is 0 Å². The van der Waals surface area contributed by atoms with Crippen LogP contribution in [0.5, 0.6) is 0 Å². The summed E-state index contributed by atoms with van der Waals surface area (Å²) < 4.78 is 12.8. The van der Waals surface area contributed by atoms with Gasteiger partial charge in [0.1, 0.15) is 5.82 Å². The van der Waals surface area contributed by atoms with E-state index in [4.69, 9.17) is 0 Å². The van der Waals surface area contributed by atoms with Crippen LogP contribution in [0.25, 0.3) is 6.08 Å². The third-order valence-corrected chi connectivity index (χ3v) is 4.15. The van der Waals surface area contributed by atoms with Crippen LogP contribution in [0.3, 0.4) is 0 Å². The zero-order valence-electron chi connectivity index (χ0n) is 12.9. The fraction of sp³-hybridized carbons (Fsp3) is 0.176. The van der Waals surface area contributed by atoms with E-state index in [1.807, 2.05) is 18.4 Å². The highest BCUT2D eigenvalue weighted by Gasteiger charge is 2.11. The second kappa shape index (κ2) is 7.69. The summed E-state index contributed by atoms with van der Waals surface area (Å²) in [6, 6.07) is 7.44. The average Bonchev–Trinajstić information content (AvgIpc) is 2.92. The largest absolute Gasteiger partial charge is 0.333 e. The Kier molecular flexibility index (Phi) is 5.65. The number of nitrogens with one attached hydrogen (secondary N) is 1. The van der Waals surface area contributed by atoms with E-state index in [2.05, 4.69) is 5.32 Å². The van der Waals surface area contributed by atoms with Gasteiger partial charge in [-0.3, -0.25) is 9.59 Å². The Hall–Kier alpha value is -2.47. The molecule has 6 heteroatoms. The quantitative estimate of drug-likeness (QED) is 0.854. The van der Waals surface area contributed by atoms with Gasteiger partial charge in [-0.25, -0.2) is 4.39 Å². The number of carbonyl (C=O) groups excluding carboxylic acids is 2. The van der Waals surface area contributed by atoms with Crippen molar-refractivity contribution in [3.05, 3.63) is 58.0 Å². The number of hydrogen-bond acceptors (Lipinski definition) is 3. The number of carbonyl (C=O) groups is 2. The van der Waals surface area contributed by atoms with Gasteiger partial charge in [0.25, 0.3) is 0 Å². The predicted molar refractivity (Wildman–Crippen MR) is 90.8 cm³/mol. The molecule has 0 spiro atoms. The SMILES string of the molecule is Cc1ccsc1/C=C/C(=O)N(C)CC(=O)Nc1ccc(F)cc1. The first-order chi connectivity index (χ1) is 11.0. The van der Waals surface area contributed by atoms with Crippen LogP contribution in [0.1, 0.15) is 10.4 Å². The number of amides is 2. The molecule has 0 atom stereocenters. The lowest BCUT2D eigenvalue weighted by atomic mass is 10.2. The zero-order chi connectivity index (χ0) is 16.8. The van der Waals surface area contributed by atoms with Crippen molar-refractivity contribution in [3.8, 4) is 0 Å². The predicted octanol–water partition coefficient (Wildman–Crippen LogP) is 3.31. The van der Waals surface area contributed by atoms with Crippen molar-refractivity contribution in [2.45, 2.75) is 6.92 Å². The molecule has 0 saturated carbocycles. The highest BCUT2D eigenvalue weighted by molar-refractivity contribution is 7.11. The van der Waals surface area contributed by atoms with Crippen LogP contribution in [-0.2, 0) is 9.59 Å². The topological polar surface area (TPSA) is 49.4 Å². The van der Waals surface area contributed by atoms with Crippen LogP contribution in [-0.4, -0.2) is 30.3 Å². The summed E-state index contributed by atoms with van der Waals surface area (Å²) in [4.78, 5) is 26.2. The van der Waals surface area contributed by atoms with Crippen molar-refractivity contribution < 1.29 is 14.0 Å². The third kappa shape index (κ3) is 5.03. The fourth-order valence-electron chi connectivity index (χ4n) is 1.86. The molecule has 1 aromatic heterocycles. The Morgan fingerprint density at radius 2 is 1.96 bits per heavy atom. The number of likely N-dealkylation sites (N-methyl/N-ethyl adjacent to an activating group) is 1. The van der Waals surface area contributed by atoms with Crippen LogP contribution in [0, 0.1) is 12.7 Å². The lowest BCUT2D eigenvalue weighted by Crippen LogP contribution is -2.33. The Labute approximate surface area is 138 Å². The standard InChI is InChI=1S/C17H17FN2O2S/c1-12-9-10-23-15(12)7-8-17(22)20(2)11-16(21)19-14-5-3-13(18)4-6-14/h3-10H,11H2,1-2H3,(H,19,21)/b8-7+. The van der Waals surface area contributed by atoms with Gasteiger partial charge in [0.05, 0.1) is 6.54 Å². The first kappa shape index (κ1) is 16.9. The molecule has 1 heterocycles. The van der Waals surface area contributed by atoms with Gasteiger partial charge < -0.3 is 10.2 Å². The van der Waals surface area contributed by atoms with Gasteiger partial charge in [-0.05, 0) is 54.3 Å². The van der Waals surface area contributed by atoms with Gasteiger partial charge in [-0.1, -0.05) is 0 Å². The Balaban J connectivity index is 1.87. The summed E-state index contributed by atoms with van der Waals surface area (Å²) >= 11 is 1.55. The molecule has 2 aromatic rings. The number of halogens is 1. The Morgan fingerprint density at radius 3 is 2.57 bits per heavy atom. The van der Waals surface area contributed by atoms with Crippen molar-refractivity contribution in [1.82, 2.24) is 4.90 Å². The zero-order valence-corrected chi connectivity index (χ0v) is 13.7. The number of nitrogens with zero attached hydrogens (tertiary/aromatic N) is 1. The average molecular weight is 332 g/mol. The van der Waals surface area contributed by atoms with Crippen molar-refractivity contribution >= 4 is 34.9 Å². The van der Waals surface area contributed by atoms with E-state index in [0.29, 0.717) is 5.69 Å². The lowest BCUT2D eigenvalue weighted by Gasteiger charge is -2.14. The molecule has 1 aromatic carbocycles. The molecule has 0 aliphatic carbocycles. The molecule has 23 heavy (non-hydrogen) atoms. The van der Waals surface area contributed by atoms with E-state index in [1.165, 1.54) is 35.2 Å². The minimum Gasteiger partial charge on any atom is -0.333 e. The molecule has 0 aliphatic rings. The van der Waals surface area contributed by atoms with Crippen LogP contribution in [0.2, 0.25) is 0 Å². The van der Waals surface area contributed by atoms with E-state index in [0.717, 1.165) is 10.4 Å². The number of aryl methyl sites for hydroxylation is 1. The van der Waals surface area contributed by atoms with Crippen LogP contribution < -0.4 is 5.32 Å². The maximum Gasteiger partial charge on any atom is 0.246 e. The summed E-state index contributed by atoms with van der Waals surface area (Å²) in [6.45, 7) is 1.89. The molecule has 0 radical (unpaired) electrons. The lowest BCUT2D eigenvalue weighted by molar-refractivity contribution is -0.129. The minimum atomic E-state index is -0.371. The van der Waals surface area contributed by atoms with E-state index in [1.54, 1.807) is 24.5 Å². The van der Waals surface area contributed by atoms with E-state index in [9.17, 15) is 14.0 Å².